The van der Waals surface area contributed by atoms with Crippen LogP contribution in [0.3, 0.4) is 0 Å². The highest BCUT2D eigenvalue weighted by molar-refractivity contribution is 5.94. The summed E-state index contributed by atoms with van der Waals surface area (Å²) in [6.07, 6.45) is 0. The molecule has 0 unspecified atom stereocenters. The van der Waals surface area contributed by atoms with E-state index < -0.39 is 5.82 Å². The van der Waals surface area contributed by atoms with Crippen molar-refractivity contribution in [1.29, 1.82) is 0 Å². The van der Waals surface area contributed by atoms with Gasteiger partial charge in [-0.05, 0) is 53.9 Å². The Morgan fingerprint density at radius 1 is 1.10 bits per heavy atom. The fourth-order valence-electron chi connectivity index (χ4n) is 3.05. The van der Waals surface area contributed by atoms with Crippen LogP contribution in [-0.4, -0.2) is 17.5 Å². The van der Waals surface area contributed by atoms with Crippen molar-refractivity contribution in [1.82, 2.24) is 4.98 Å². The molecular formula is C24H21FN2O3. The summed E-state index contributed by atoms with van der Waals surface area (Å²) in [5, 5.41) is 2.77. The van der Waals surface area contributed by atoms with Crippen LogP contribution in [0, 0.1) is 5.82 Å². The van der Waals surface area contributed by atoms with Crippen molar-refractivity contribution in [2.45, 2.75) is 19.8 Å². The molecule has 3 aromatic carbocycles. The molecule has 0 aliphatic carbocycles. The Labute approximate surface area is 173 Å². The van der Waals surface area contributed by atoms with E-state index in [0.717, 1.165) is 0 Å². The summed E-state index contributed by atoms with van der Waals surface area (Å²) in [6, 6.07) is 19.0. The van der Waals surface area contributed by atoms with Crippen LogP contribution in [0.5, 0.6) is 5.75 Å². The van der Waals surface area contributed by atoms with Gasteiger partial charge in [0.1, 0.15) is 17.1 Å². The Kier molecular flexibility index (Phi) is 5.48. The predicted molar refractivity (Wildman–Crippen MR) is 114 cm³/mol. The maximum Gasteiger partial charge on any atom is 0.262 e. The minimum absolute atomic E-state index is 0.113. The highest BCUT2D eigenvalue weighted by atomic mass is 19.1. The number of rotatable bonds is 6. The molecule has 152 valence electrons. The molecule has 5 nitrogen and oxygen atoms in total. The molecule has 1 amide bonds. The lowest BCUT2D eigenvalue weighted by molar-refractivity contribution is -0.118. The van der Waals surface area contributed by atoms with Gasteiger partial charge in [-0.25, -0.2) is 9.37 Å². The van der Waals surface area contributed by atoms with Gasteiger partial charge < -0.3 is 14.5 Å². The molecule has 6 heteroatoms. The van der Waals surface area contributed by atoms with Gasteiger partial charge in [-0.15, -0.1) is 0 Å². The van der Waals surface area contributed by atoms with Gasteiger partial charge in [-0.3, -0.25) is 4.79 Å². The van der Waals surface area contributed by atoms with E-state index in [1.54, 1.807) is 36.4 Å². The number of nitrogens with zero attached hydrogens (tertiary/aromatic N) is 1. The fraction of sp³-hybridized carbons (Fsp3) is 0.167. The van der Waals surface area contributed by atoms with Gasteiger partial charge in [-0.1, -0.05) is 38.1 Å². The number of amides is 1. The van der Waals surface area contributed by atoms with Crippen LogP contribution in [0.25, 0.3) is 22.6 Å². The topological polar surface area (TPSA) is 64.4 Å². The molecule has 4 aromatic rings. The van der Waals surface area contributed by atoms with Gasteiger partial charge in [0.15, 0.2) is 12.2 Å². The minimum atomic E-state index is -0.406. The second-order valence-electron chi connectivity index (χ2n) is 7.24. The summed E-state index contributed by atoms with van der Waals surface area (Å²) >= 11 is 0. The number of carbonyl (C=O) groups excluding carboxylic acids is 1. The molecule has 1 aromatic heterocycles. The smallest absolute Gasteiger partial charge is 0.262 e. The Morgan fingerprint density at radius 2 is 1.87 bits per heavy atom. The van der Waals surface area contributed by atoms with Crippen LogP contribution in [0.4, 0.5) is 10.1 Å². The normalized spacial score (nSPS) is 11.1. The summed E-state index contributed by atoms with van der Waals surface area (Å²) in [7, 11) is 0. The summed E-state index contributed by atoms with van der Waals surface area (Å²) in [5.74, 6) is 0.569. The van der Waals surface area contributed by atoms with E-state index in [0.29, 0.717) is 28.5 Å². The van der Waals surface area contributed by atoms with Crippen molar-refractivity contribution in [3.8, 4) is 17.2 Å². The Morgan fingerprint density at radius 3 is 2.60 bits per heavy atom. The number of hydrogen-bond donors (Lipinski definition) is 1. The zero-order chi connectivity index (χ0) is 21.1. The first-order chi connectivity index (χ1) is 14.5. The number of carbonyl (C=O) groups is 1. The van der Waals surface area contributed by atoms with Crippen molar-refractivity contribution in [3.05, 3.63) is 78.1 Å². The number of anilines is 1. The average Bonchev–Trinajstić information content (AvgIpc) is 3.16. The molecule has 30 heavy (non-hydrogen) atoms. The largest absolute Gasteiger partial charge is 0.484 e. The minimum Gasteiger partial charge on any atom is -0.484 e. The van der Waals surface area contributed by atoms with Crippen LogP contribution in [0.2, 0.25) is 0 Å². The van der Waals surface area contributed by atoms with E-state index in [-0.39, 0.29) is 24.0 Å². The molecule has 0 saturated carbocycles. The van der Waals surface area contributed by atoms with Gasteiger partial charge in [0.25, 0.3) is 5.91 Å². The molecule has 0 aliphatic rings. The number of nitrogens with one attached hydrogen (secondary N) is 1. The number of halogens is 1. The molecule has 0 radical (unpaired) electrons. The second-order valence-corrected chi connectivity index (χ2v) is 7.24. The maximum absolute atomic E-state index is 14.0. The van der Waals surface area contributed by atoms with Crippen LogP contribution >= 0.6 is 0 Å². The van der Waals surface area contributed by atoms with E-state index in [1.807, 2.05) is 24.3 Å². The lowest BCUT2D eigenvalue weighted by Crippen LogP contribution is -2.20. The number of hydrogen-bond acceptors (Lipinski definition) is 4. The second kappa shape index (κ2) is 8.37. The molecule has 0 atom stereocenters. The highest BCUT2D eigenvalue weighted by Crippen LogP contribution is 2.27. The molecule has 1 N–H and O–H groups in total. The first-order valence-corrected chi connectivity index (χ1v) is 9.68. The summed E-state index contributed by atoms with van der Waals surface area (Å²) in [6.45, 7) is 4.13. The Bertz CT molecular complexity index is 1180. The molecule has 1 heterocycles. The maximum atomic E-state index is 14.0. The van der Waals surface area contributed by atoms with Gasteiger partial charge in [-0.2, -0.15) is 0 Å². The first kappa shape index (κ1) is 19.6. The van der Waals surface area contributed by atoms with Gasteiger partial charge in [0, 0.05) is 5.69 Å². The third-order valence-electron chi connectivity index (χ3n) is 4.69. The molecule has 0 fully saturated rings. The SMILES string of the molecule is CC(C)c1ccc(OCC(=O)Nc2ccc3oc(-c4ccccc4F)nc3c2)cc1. The summed E-state index contributed by atoms with van der Waals surface area (Å²) in [4.78, 5) is 16.6. The van der Waals surface area contributed by atoms with Crippen molar-refractivity contribution >= 4 is 22.7 Å². The molecule has 0 aliphatic heterocycles. The fourth-order valence-corrected chi connectivity index (χ4v) is 3.05. The third kappa shape index (κ3) is 4.33. The number of benzene rings is 3. The predicted octanol–water partition coefficient (Wildman–Crippen LogP) is 5.77. The third-order valence-corrected chi connectivity index (χ3v) is 4.69. The van der Waals surface area contributed by atoms with Gasteiger partial charge in [0.05, 0.1) is 5.56 Å². The number of fused-ring (bicyclic) bond motifs is 1. The summed E-state index contributed by atoms with van der Waals surface area (Å²) in [5.41, 5.74) is 3.09. The molecule has 0 bridgehead atoms. The summed E-state index contributed by atoms with van der Waals surface area (Å²) < 4.78 is 25.2. The van der Waals surface area contributed by atoms with E-state index in [4.69, 9.17) is 9.15 Å². The van der Waals surface area contributed by atoms with E-state index >= 15 is 0 Å². The number of ether oxygens (including phenoxy) is 1. The first-order valence-electron chi connectivity index (χ1n) is 9.68. The van der Waals surface area contributed by atoms with E-state index in [9.17, 15) is 9.18 Å². The van der Waals surface area contributed by atoms with Crippen molar-refractivity contribution in [2.24, 2.45) is 0 Å². The van der Waals surface area contributed by atoms with Crippen molar-refractivity contribution in [2.75, 3.05) is 11.9 Å². The molecule has 0 spiro atoms. The Balaban J connectivity index is 1.42. The van der Waals surface area contributed by atoms with Crippen molar-refractivity contribution in [3.63, 3.8) is 0 Å². The van der Waals surface area contributed by atoms with Crippen LogP contribution in [0.15, 0.2) is 71.1 Å². The lowest BCUT2D eigenvalue weighted by Gasteiger charge is -2.09. The van der Waals surface area contributed by atoms with Crippen LogP contribution in [0.1, 0.15) is 25.3 Å². The highest BCUT2D eigenvalue weighted by Gasteiger charge is 2.13. The Hall–Kier alpha value is -3.67. The molecule has 0 saturated heterocycles. The van der Waals surface area contributed by atoms with E-state index in [1.165, 1.54) is 11.6 Å². The zero-order valence-electron chi connectivity index (χ0n) is 16.7. The lowest BCUT2D eigenvalue weighted by atomic mass is 10.0. The van der Waals surface area contributed by atoms with Crippen LogP contribution < -0.4 is 10.1 Å². The van der Waals surface area contributed by atoms with Crippen LogP contribution in [-0.2, 0) is 4.79 Å². The molecular weight excluding hydrogens is 383 g/mol. The quantitative estimate of drug-likeness (QED) is 0.443. The van der Waals surface area contributed by atoms with Gasteiger partial charge >= 0.3 is 0 Å². The zero-order valence-corrected chi connectivity index (χ0v) is 16.7. The average molecular weight is 404 g/mol. The standard InChI is InChI=1S/C24H21FN2O3/c1-15(2)16-7-10-18(11-8-16)29-14-23(28)26-17-9-12-22-21(13-17)27-24(30-22)19-5-3-4-6-20(19)25/h3-13,15H,14H2,1-2H3,(H,26,28). The van der Waals surface area contributed by atoms with E-state index in [2.05, 4.69) is 24.1 Å². The van der Waals surface area contributed by atoms with Gasteiger partial charge in [0.2, 0.25) is 5.89 Å². The monoisotopic (exact) mass is 404 g/mol. The number of aromatic nitrogens is 1. The molecule has 4 rings (SSSR count). The number of oxazole rings is 1. The van der Waals surface area contributed by atoms with Crippen molar-refractivity contribution < 1.29 is 18.3 Å².